The molecular formula is C34H34N3S+. The van der Waals surface area contributed by atoms with E-state index in [9.17, 15) is 0 Å². The molecule has 0 bridgehead atoms. The van der Waals surface area contributed by atoms with Crippen molar-refractivity contribution in [3.8, 4) is 27.6 Å². The minimum atomic E-state index is 0.392. The van der Waals surface area contributed by atoms with E-state index in [0.717, 1.165) is 16.1 Å². The molecule has 38 heavy (non-hydrogen) atoms. The molecule has 2 heterocycles. The van der Waals surface area contributed by atoms with Gasteiger partial charge in [-0.05, 0) is 42.5 Å². The second-order valence-corrected chi connectivity index (χ2v) is 11.8. The SMILES string of the molecule is Cc1ccc2sc(-c3ccccc3)nc2c1-c1n(-c2c(C(C)C)cccc2C(C)C)c2ccccc2[n+]1C. The highest BCUT2D eigenvalue weighted by Gasteiger charge is 2.32. The summed E-state index contributed by atoms with van der Waals surface area (Å²) in [5.74, 6) is 1.96. The Balaban J connectivity index is 1.76. The van der Waals surface area contributed by atoms with Crippen LogP contribution >= 0.6 is 11.3 Å². The summed E-state index contributed by atoms with van der Waals surface area (Å²) >= 11 is 1.77. The van der Waals surface area contributed by atoms with Crippen LogP contribution < -0.4 is 4.57 Å². The quantitative estimate of drug-likeness (QED) is 0.210. The second kappa shape index (κ2) is 9.52. The largest absolute Gasteiger partial charge is 0.297 e. The minimum absolute atomic E-state index is 0.392. The fourth-order valence-corrected chi connectivity index (χ4v) is 6.65. The highest BCUT2D eigenvalue weighted by molar-refractivity contribution is 7.21. The number of benzene rings is 4. The molecule has 0 saturated carbocycles. The van der Waals surface area contributed by atoms with E-state index in [1.54, 1.807) is 11.3 Å². The van der Waals surface area contributed by atoms with Gasteiger partial charge >= 0.3 is 0 Å². The van der Waals surface area contributed by atoms with Gasteiger partial charge in [0.15, 0.2) is 11.0 Å². The number of para-hydroxylation sites is 3. The van der Waals surface area contributed by atoms with Gasteiger partial charge in [-0.1, -0.05) is 94.4 Å². The first kappa shape index (κ1) is 24.6. The average Bonchev–Trinajstić information content (AvgIpc) is 3.48. The molecule has 0 amide bonds. The fraction of sp³-hybridized carbons (Fsp3) is 0.235. The summed E-state index contributed by atoms with van der Waals surface area (Å²) in [5.41, 5.74) is 11.1. The maximum atomic E-state index is 5.27. The van der Waals surface area contributed by atoms with Gasteiger partial charge in [0.2, 0.25) is 0 Å². The van der Waals surface area contributed by atoms with Crippen LogP contribution in [-0.2, 0) is 7.05 Å². The lowest BCUT2D eigenvalue weighted by molar-refractivity contribution is -0.633. The third-order valence-corrected chi connectivity index (χ3v) is 8.66. The number of nitrogens with zero attached hydrogens (tertiary/aromatic N) is 3. The van der Waals surface area contributed by atoms with Crippen molar-refractivity contribution in [2.75, 3.05) is 0 Å². The predicted molar refractivity (Wildman–Crippen MR) is 161 cm³/mol. The molecule has 190 valence electrons. The van der Waals surface area contributed by atoms with Gasteiger partial charge in [-0.3, -0.25) is 0 Å². The number of imidazole rings is 1. The van der Waals surface area contributed by atoms with Crippen molar-refractivity contribution >= 4 is 32.6 Å². The third-order valence-electron chi connectivity index (χ3n) is 7.59. The Kier molecular flexibility index (Phi) is 6.16. The van der Waals surface area contributed by atoms with Crippen molar-refractivity contribution < 1.29 is 4.57 Å². The summed E-state index contributed by atoms with van der Waals surface area (Å²) in [7, 11) is 2.20. The predicted octanol–water partition coefficient (Wildman–Crippen LogP) is 8.95. The summed E-state index contributed by atoms with van der Waals surface area (Å²) in [5, 5.41) is 1.06. The topological polar surface area (TPSA) is 21.7 Å². The molecule has 0 spiro atoms. The molecule has 2 aromatic heterocycles. The van der Waals surface area contributed by atoms with E-state index in [0.29, 0.717) is 11.8 Å². The van der Waals surface area contributed by atoms with Gasteiger partial charge in [0, 0.05) is 16.7 Å². The summed E-state index contributed by atoms with van der Waals surface area (Å²) in [6.45, 7) is 11.4. The first-order valence-electron chi connectivity index (χ1n) is 13.5. The smallest absolute Gasteiger partial charge is 0.235 e. The monoisotopic (exact) mass is 516 g/mol. The molecule has 4 heteroatoms. The molecular weight excluding hydrogens is 482 g/mol. The highest BCUT2D eigenvalue weighted by atomic mass is 32.1. The molecule has 6 aromatic rings. The third kappa shape index (κ3) is 3.86. The summed E-state index contributed by atoms with van der Waals surface area (Å²) in [4.78, 5) is 5.27. The van der Waals surface area contributed by atoms with E-state index in [-0.39, 0.29) is 0 Å². The number of fused-ring (bicyclic) bond motifs is 2. The molecule has 0 saturated heterocycles. The first-order valence-corrected chi connectivity index (χ1v) is 14.3. The van der Waals surface area contributed by atoms with Gasteiger partial charge in [0.1, 0.15) is 10.7 Å². The molecule has 0 aliphatic heterocycles. The first-order chi connectivity index (χ1) is 18.4. The molecule has 4 aromatic carbocycles. The van der Waals surface area contributed by atoms with Crippen LogP contribution in [0.1, 0.15) is 56.2 Å². The van der Waals surface area contributed by atoms with Crippen molar-refractivity contribution in [2.45, 2.75) is 46.5 Å². The van der Waals surface area contributed by atoms with Gasteiger partial charge < -0.3 is 0 Å². The van der Waals surface area contributed by atoms with Crippen LogP contribution in [-0.4, -0.2) is 9.55 Å². The Morgan fingerprint density at radius 3 is 2.11 bits per heavy atom. The Morgan fingerprint density at radius 2 is 1.42 bits per heavy atom. The van der Waals surface area contributed by atoms with Crippen LogP contribution in [0, 0.1) is 6.92 Å². The van der Waals surface area contributed by atoms with Crippen molar-refractivity contribution in [3.05, 3.63) is 102 Å². The second-order valence-electron chi connectivity index (χ2n) is 10.8. The maximum Gasteiger partial charge on any atom is 0.297 e. The summed E-state index contributed by atoms with van der Waals surface area (Å²) in [6.07, 6.45) is 0. The normalized spacial score (nSPS) is 11.9. The van der Waals surface area contributed by atoms with Crippen molar-refractivity contribution in [1.29, 1.82) is 0 Å². The molecule has 0 fully saturated rings. The zero-order valence-electron chi connectivity index (χ0n) is 23.0. The van der Waals surface area contributed by atoms with Gasteiger partial charge in [0.25, 0.3) is 5.82 Å². The van der Waals surface area contributed by atoms with E-state index in [2.05, 4.69) is 136 Å². The Morgan fingerprint density at radius 1 is 0.763 bits per heavy atom. The van der Waals surface area contributed by atoms with Crippen LogP contribution in [0.2, 0.25) is 0 Å². The van der Waals surface area contributed by atoms with E-state index < -0.39 is 0 Å². The van der Waals surface area contributed by atoms with E-state index in [4.69, 9.17) is 4.98 Å². The lowest BCUT2D eigenvalue weighted by Crippen LogP contribution is -2.30. The Labute approximate surface area is 229 Å². The molecule has 0 aliphatic carbocycles. The lowest BCUT2D eigenvalue weighted by atomic mass is 9.92. The zero-order valence-corrected chi connectivity index (χ0v) is 23.8. The molecule has 0 radical (unpaired) electrons. The Bertz CT molecular complexity index is 1760. The highest BCUT2D eigenvalue weighted by Crippen LogP contribution is 2.41. The number of rotatable bonds is 5. The molecule has 0 aliphatic rings. The van der Waals surface area contributed by atoms with Gasteiger partial charge in [-0.15, -0.1) is 11.3 Å². The standard InChI is InChI=1S/C34H34N3S/c1-21(2)25-15-12-16-26(22(3)4)32(25)37-28-18-11-10-17-27(28)36(6)34(37)30-23(5)19-20-29-31(30)35-33(38-29)24-13-8-7-9-14-24/h7-22H,1-6H3/q+1. The van der Waals surface area contributed by atoms with Crippen molar-refractivity contribution in [2.24, 2.45) is 7.05 Å². The zero-order chi connectivity index (χ0) is 26.6. The number of thiazole rings is 1. The van der Waals surface area contributed by atoms with Crippen LogP contribution in [0.4, 0.5) is 0 Å². The number of hydrogen-bond acceptors (Lipinski definition) is 2. The average molecular weight is 517 g/mol. The van der Waals surface area contributed by atoms with Crippen LogP contribution in [0.5, 0.6) is 0 Å². The molecule has 0 unspecified atom stereocenters. The molecule has 6 rings (SSSR count). The molecule has 0 N–H and O–H groups in total. The molecule has 3 nitrogen and oxygen atoms in total. The number of aryl methyl sites for hydroxylation is 2. The number of hydrogen-bond donors (Lipinski definition) is 0. The van der Waals surface area contributed by atoms with Crippen molar-refractivity contribution in [1.82, 2.24) is 9.55 Å². The number of aromatic nitrogens is 3. The van der Waals surface area contributed by atoms with E-state index >= 15 is 0 Å². The lowest BCUT2D eigenvalue weighted by Gasteiger charge is -2.18. The van der Waals surface area contributed by atoms with Gasteiger partial charge in [-0.2, -0.15) is 4.57 Å². The minimum Gasteiger partial charge on any atom is -0.235 e. The van der Waals surface area contributed by atoms with Crippen molar-refractivity contribution in [3.63, 3.8) is 0 Å². The Hall–Kier alpha value is -3.76. The summed E-state index contributed by atoms with van der Waals surface area (Å²) in [6, 6.07) is 30.6. The summed E-state index contributed by atoms with van der Waals surface area (Å²) < 4.78 is 6.09. The van der Waals surface area contributed by atoms with Gasteiger partial charge in [0.05, 0.1) is 22.8 Å². The van der Waals surface area contributed by atoms with E-state index in [1.165, 1.54) is 49.5 Å². The van der Waals surface area contributed by atoms with Gasteiger partial charge in [-0.25, -0.2) is 9.55 Å². The van der Waals surface area contributed by atoms with Crippen LogP contribution in [0.15, 0.2) is 84.9 Å². The van der Waals surface area contributed by atoms with Crippen LogP contribution in [0.25, 0.3) is 48.9 Å². The van der Waals surface area contributed by atoms with Crippen LogP contribution in [0.3, 0.4) is 0 Å². The maximum absolute atomic E-state index is 5.27. The molecule has 0 atom stereocenters. The van der Waals surface area contributed by atoms with E-state index in [1.807, 2.05) is 0 Å². The fourth-order valence-electron chi connectivity index (χ4n) is 5.67.